The van der Waals surface area contributed by atoms with Crippen LogP contribution in [0.4, 0.5) is 0 Å². The maximum absolute atomic E-state index is 12.2. The van der Waals surface area contributed by atoms with Crippen molar-refractivity contribution in [3.63, 3.8) is 0 Å². The number of aromatic nitrogens is 1. The Labute approximate surface area is 168 Å². The second-order valence-corrected chi connectivity index (χ2v) is 9.06. The van der Waals surface area contributed by atoms with Crippen LogP contribution in [0.15, 0.2) is 58.8 Å². The molecule has 0 saturated heterocycles. The minimum absolute atomic E-state index is 0.132. The molecule has 1 amide bonds. The number of nitrogens with zero attached hydrogens (tertiary/aromatic N) is 1. The standard InChI is InChI=1S/C20H21N3O3S2/c1-14-3-7-16(8-4-14)20-23-17(13-27-20)11-19(24)22-12-15-5-9-18(10-6-15)28(25,26)21-2/h3-10,13,21H,11-12H2,1-2H3,(H,22,24). The van der Waals surface area contributed by atoms with Gasteiger partial charge in [-0.1, -0.05) is 42.0 Å². The SMILES string of the molecule is CNS(=O)(=O)c1ccc(CNC(=O)Cc2csc(-c3ccc(C)cc3)n2)cc1. The summed E-state index contributed by atoms with van der Waals surface area (Å²) in [6.45, 7) is 2.36. The number of carbonyl (C=O) groups is 1. The van der Waals surface area contributed by atoms with E-state index in [9.17, 15) is 13.2 Å². The minimum Gasteiger partial charge on any atom is -0.352 e. The summed E-state index contributed by atoms with van der Waals surface area (Å²) in [6.07, 6.45) is 0.203. The van der Waals surface area contributed by atoms with Crippen molar-refractivity contribution in [2.75, 3.05) is 7.05 Å². The van der Waals surface area contributed by atoms with Crippen molar-refractivity contribution in [3.8, 4) is 10.6 Å². The molecule has 0 aliphatic carbocycles. The van der Waals surface area contributed by atoms with Gasteiger partial charge in [0.25, 0.3) is 0 Å². The Morgan fingerprint density at radius 3 is 2.39 bits per heavy atom. The highest BCUT2D eigenvalue weighted by atomic mass is 32.2. The summed E-state index contributed by atoms with van der Waals surface area (Å²) in [7, 11) is -2.09. The highest BCUT2D eigenvalue weighted by Gasteiger charge is 2.11. The van der Waals surface area contributed by atoms with Crippen LogP contribution in [-0.2, 0) is 27.8 Å². The molecule has 0 bridgehead atoms. The van der Waals surface area contributed by atoms with Crippen LogP contribution in [0, 0.1) is 6.92 Å². The zero-order valence-corrected chi connectivity index (χ0v) is 17.2. The second-order valence-electron chi connectivity index (χ2n) is 6.32. The van der Waals surface area contributed by atoms with E-state index in [0.29, 0.717) is 6.54 Å². The van der Waals surface area contributed by atoms with E-state index in [2.05, 4.69) is 15.0 Å². The molecular formula is C20H21N3O3S2. The lowest BCUT2D eigenvalue weighted by atomic mass is 10.2. The van der Waals surface area contributed by atoms with E-state index >= 15 is 0 Å². The molecule has 0 radical (unpaired) electrons. The Balaban J connectivity index is 1.55. The zero-order chi connectivity index (χ0) is 20.1. The molecule has 0 aliphatic heterocycles. The number of nitrogens with one attached hydrogen (secondary N) is 2. The summed E-state index contributed by atoms with van der Waals surface area (Å²) in [5.74, 6) is -0.132. The summed E-state index contributed by atoms with van der Waals surface area (Å²) >= 11 is 1.52. The summed E-state index contributed by atoms with van der Waals surface area (Å²) < 4.78 is 25.7. The first kappa shape index (κ1) is 20.2. The quantitative estimate of drug-likeness (QED) is 0.621. The lowest BCUT2D eigenvalue weighted by Crippen LogP contribution is -2.24. The lowest BCUT2D eigenvalue weighted by Gasteiger charge is -2.06. The molecule has 0 saturated carbocycles. The fourth-order valence-corrected chi connectivity index (χ4v) is 4.10. The van der Waals surface area contributed by atoms with Crippen LogP contribution in [0.5, 0.6) is 0 Å². The second kappa shape index (κ2) is 8.64. The van der Waals surface area contributed by atoms with Crippen LogP contribution in [0.2, 0.25) is 0 Å². The van der Waals surface area contributed by atoms with Crippen molar-refractivity contribution >= 4 is 27.3 Å². The molecular weight excluding hydrogens is 394 g/mol. The predicted octanol–water partition coefficient (Wildman–Crippen LogP) is 2.89. The molecule has 0 fully saturated rings. The zero-order valence-electron chi connectivity index (χ0n) is 15.6. The molecule has 1 heterocycles. The summed E-state index contributed by atoms with van der Waals surface area (Å²) in [5.41, 5.74) is 3.78. The molecule has 3 aromatic rings. The fraction of sp³-hybridized carbons (Fsp3) is 0.200. The molecule has 8 heteroatoms. The summed E-state index contributed by atoms with van der Waals surface area (Å²) in [6, 6.07) is 14.5. The predicted molar refractivity (Wildman–Crippen MR) is 111 cm³/mol. The van der Waals surface area contributed by atoms with Crippen LogP contribution in [0.1, 0.15) is 16.8 Å². The van der Waals surface area contributed by atoms with E-state index in [-0.39, 0.29) is 17.2 Å². The number of aryl methyl sites for hydroxylation is 1. The highest BCUT2D eigenvalue weighted by Crippen LogP contribution is 2.24. The number of hydrogen-bond acceptors (Lipinski definition) is 5. The van der Waals surface area contributed by atoms with Gasteiger partial charge < -0.3 is 5.32 Å². The van der Waals surface area contributed by atoms with Crippen LogP contribution in [-0.4, -0.2) is 26.4 Å². The molecule has 1 aromatic heterocycles. The van der Waals surface area contributed by atoms with Gasteiger partial charge in [-0.15, -0.1) is 11.3 Å². The smallest absolute Gasteiger partial charge is 0.240 e. The summed E-state index contributed by atoms with van der Waals surface area (Å²) in [5, 5.41) is 5.62. The maximum Gasteiger partial charge on any atom is 0.240 e. The molecule has 3 rings (SSSR count). The largest absolute Gasteiger partial charge is 0.352 e. The number of rotatable bonds is 7. The van der Waals surface area contributed by atoms with Crippen molar-refractivity contribution in [2.45, 2.75) is 24.8 Å². The highest BCUT2D eigenvalue weighted by molar-refractivity contribution is 7.89. The Morgan fingerprint density at radius 1 is 1.07 bits per heavy atom. The average molecular weight is 416 g/mol. The average Bonchev–Trinajstić information content (AvgIpc) is 3.15. The maximum atomic E-state index is 12.2. The minimum atomic E-state index is -3.45. The molecule has 0 unspecified atom stereocenters. The van der Waals surface area contributed by atoms with Crippen molar-refractivity contribution in [1.82, 2.24) is 15.0 Å². The van der Waals surface area contributed by atoms with Crippen molar-refractivity contribution in [1.29, 1.82) is 0 Å². The van der Waals surface area contributed by atoms with Crippen LogP contribution in [0.3, 0.4) is 0 Å². The van der Waals surface area contributed by atoms with Gasteiger partial charge in [0, 0.05) is 17.5 Å². The molecule has 146 valence electrons. The number of amides is 1. The molecule has 2 aromatic carbocycles. The van der Waals surface area contributed by atoms with E-state index in [4.69, 9.17) is 0 Å². The fourth-order valence-electron chi connectivity index (χ4n) is 2.55. The van der Waals surface area contributed by atoms with Gasteiger partial charge in [0.15, 0.2) is 0 Å². The van der Waals surface area contributed by atoms with E-state index in [1.807, 2.05) is 36.6 Å². The summed E-state index contributed by atoms with van der Waals surface area (Å²) in [4.78, 5) is 16.9. The van der Waals surface area contributed by atoms with Gasteiger partial charge in [-0.25, -0.2) is 18.1 Å². The van der Waals surface area contributed by atoms with Gasteiger partial charge in [0.1, 0.15) is 5.01 Å². The first-order valence-corrected chi connectivity index (χ1v) is 11.0. The number of benzene rings is 2. The third kappa shape index (κ3) is 5.03. The van der Waals surface area contributed by atoms with E-state index < -0.39 is 10.0 Å². The van der Waals surface area contributed by atoms with Gasteiger partial charge in [0.05, 0.1) is 17.0 Å². The van der Waals surface area contributed by atoms with Crippen LogP contribution >= 0.6 is 11.3 Å². The number of thiazole rings is 1. The van der Waals surface area contributed by atoms with Gasteiger partial charge in [-0.3, -0.25) is 4.79 Å². The third-order valence-corrected chi connectivity index (χ3v) is 6.55. The first-order chi connectivity index (χ1) is 13.4. The van der Waals surface area contributed by atoms with Gasteiger partial charge in [-0.2, -0.15) is 0 Å². The topological polar surface area (TPSA) is 88.2 Å². The van der Waals surface area contributed by atoms with Crippen molar-refractivity contribution in [3.05, 3.63) is 70.7 Å². The van der Waals surface area contributed by atoms with Gasteiger partial charge in [0.2, 0.25) is 15.9 Å². The van der Waals surface area contributed by atoms with Crippen molar-refractivity contribution in [2.24, 2.45) is 0 Å². The lowest BCUT2D eigenvalue weighted by molar-refractivity contribution is -0.120. The monoisotopic (exact) mass is 415 g/mol. The van der Waals surface area contributed by atoms with E-state index in [1.165, 1.54) is 36.1 Å². The normalized spacial score (nSPS) is 11.4. The molecule has 2 N–H and O–H groups in total. The number of carbonyl (C=O) groups excluding carboxylic acids is 1. The Bertz CT molecular complexity index is 1060. The molecule has 0 atom stereocenters. The van der Waals surface area contributed by atoms with Crippen LogP contribution in [0.25, 0.3) is 10.6 Å². The Hall–Kier alpha value is -2.55. The third-order valence-electron chi connectivity index (χ3n) is 4.18. The number of sulfonamides is 1. The van der Waals surface area contributed by atoms with Gasteiger partial charge >= 0.3 is 0 Å². The van der Waals surface area contributed by atoms with Crippen molar-refractivity contribution < 1.29 is 13.2 Å². The van der Waals surface area contributed by atoms with E-state index in [0.717, 1.165) is 21.8 Å². The number of hydrogen-bond donors (Lipinski definition) is 2. The van der Waals surface area contributed by atoms with Gasteiger partial charge in [-0.05, 0) is 31.7 Å². The Morgan fingerprint density at radius 2 is 1.75 bits per heavy atom. The Kier molecular flexibility index (Phi) is 6.23. The van der Waals surface area contributed by atoms with E-state index in [1.54, 1.807) is 12.1 Å². The van der Waals surface area contributed by atoms with Crippen LogP contribution < -0.4 is 10.0 Å². The molecule has 28 heavy (non-hydrogen) atoms. The molecule has 6 nitrogen and oxygen atoms in total. The first-order valence-electron chi connectivity index (χ1n) is 8.68. The molecule has 0 spiro atoms. The molecule has 0 aliphatic rings.